The van der Waals surface area contributed by atoms with Gasteiger partial charge in [0.1, 0.15) is 17.3 Å². The molecule has 1 fully saturated rings. The van der Waals surface area contributed by atoms with Crippen LogP contribution >= 0.6 is 0 Å². The Kier molecular flexibility index (Phi) is 4.05. The van der Waals surface area contributed by atoms with Gasteiger partial charge in [-0.1, -0.05) is 6.07 Å². The molecule has 0 amide bonds. The summed E-state index contributed by atoms with van der Waals surface area (Å²) in [6.45, 7) is 0.0681. The zero-order valence-corrected chi connectivity index (χ0v) is 13.9. The molecule has 26 heavy (non-hydrogen) atoms. The molecule has 6 heteroatoms. The first-order chi connectivity index (χ1) is 12.6. The Labute approximate surface area is 149 Å². The lowest BCUT2D eigenvalue weighted by Crippen LogP contribution is -1.99. The predicted octanol–water partition coefficient (Wildman–Crippen LogP) is 3.93. The number of aromatic carboxylic acids is 1. The highest BCUT2D eigenvalue weighted by Gasteiger charge is 2.22. The number of aromatic nitrogens is 1. The molecule has 1 aliphatic carbocycles. The minimum absolute atomic E-state index is 0.0681. The number of hydrogen-bond donors (Lipinski definition) is 1. The van der Waals surface area contributed by atoms with Crippen molar-refractivity contribution in [1.29, 1.82) is 5.26 Å². The van der Waals surface area contributed by atoms with Crippen LogP contribution in [0.1, 0.15) is 40.2 Å². The number of carboxylic acids is 1. The first-order valence-corrected chi connectivity index (χ1v) is 8.41. The van der Waals surface area contributed by atoms with Crippen LogP contribution in [0.2, 0.25) is 0 Å². The van der Waals surface area contributed by atoms with Gasteiger partial charge in [0.2, 0.25) is 5.89 Å². The number of benzene rings is 2. The molecular weight excluding hydrogens is 332 g/mol. The van der Waals surface area contributed by atoms with Crippen LogP contribution in [0, 0.1) is 17.2 Å². The number of fused-ring (bicyclic) bond motifs is 1. The van der Waals surface area contributed by atoms with Gasteiger partial charge in [0.05, 0.1) is 11.1 Å². The Hall–Kier alpha value is -3.33. The van der Waals surface area contributed by atoms with Gasteiger partial charge in [-0.3, -0.25) is 0 Å². The van der Waals surface area contributed by atoms with Crippen molar-refractivity contribution in [2.75, 3.05) is 0 Å². The molecule has 1 heterocycles. The molecule has 6 nitrogen and oxygen atoms in total. The SMILES string of the molecule is N#Cc1ccc(CC2CC2)cc1OCc1nc2ccc(C(=O)O)cc2o1. The first-order valence-electron chi connectivity index (χ1n) is 8.41. The number of nitriles is 1. The fourth-order valence-corrected chi connectivity index (χ4v) is 2.87. The summed E-state index contributed by atoms with van der Waals surface area (Å²) < 4.78 is 11.3. The van der Waals surface area contributed by atoms with E-state index in [1.807, 2.05) is 12.1 Å². The molecule has 0 atom stereocenters. The number of nitrogens with zero attached hydrogens (tertiary/aromatic N) is 2. The third-order valence-corrected chi connectivity index (χ3v) is 4.42. The zero-order chi connectivity index (χ0) is 18.1. The standard InChI is InChI=1S/C20H16N2O4/c21-10-15-4-3-13(7-12-1-2-12)8-17(15)25-11-19-22-16-6-5-14(20(23)24)9-18(16)26-19/h3-6,8-9,12H,1-2,7,11H2,(H,23,24). The molecule has 0 bridgehead atoms. The Morgan fingerprint density at radius 2 is 2.15 bits per heavy atom. The minimum Gasteiger partial charge on any atom is -0.482 e. The van der Waals surface area contributed by atoms with E-state index in [1.54, 1.807) is 12.1 Å². The lowest BCUT2D eigenvalue weighted by Gasteiger charge is -2.08. The second-order valence-electron chi connectivity index (χ2n) is 6.47. The van der Waals surface area contributed by atoms with Crippen molar-refractivity contribution in [3.05, 3.63) is 59.0 Å². The summed E-state index contributed by atoms with van der Waals surface area (Å²) in [7, 11) is 0. The van der Waals surface area contributed by atoms with E-state index < -0.39 is 5.97 Å². The number of hydrogen-bond acceptors (Lipinski definition) is 5. The van der Waals surface area contributed by atoms with Crippen LogP contribution in [0.25, 0.3) is 11.1 Å². The fraction of sp³-hybridized carbons (Fsp3) is 0.250. The summed E-state index contributed by atoms with van der Waals surface area (Å²) in [5, 5.41) is 18.3. The van der Waals surface area contributed by atoms with Gasteiger partial charge in [-0.05, 0) is 61.1 Å². The molecule has 130 valence electrons. The largest absolute Gasteiger partial charge is 0.482 e. The zero-order valence-electron chi connectivity index (χ0n) is 13.9. The van der Waals surface area contributed by atoms with Crippen LogP contribution in [0.4, 0.5) is 0 Å². The second-order valence-corrected chi connectivity index (χ2v) is 6.47. The highest BCUT2D eigenvalue weighted by molar-refractivity contribution is 5.91. The third-order valence-electron chi connectivity index (χ3n) is 4.42. The van der Waals surface area contributed by atoms with E-state index in [2.05, 4.69) is 11.1 Å². The van der Waals surface area contributed by atoms with Gasteiger partial charge in [0.15, 0.2) is 12.2 Å². The maximum Gasteiger partial charge on any atom is 0.335 e. The van der Waals surface area contributed by atoms with Gasteiger partial charge >= 0.3 is 5.97 Å². The molecule has 3 aromatic rings. The molecule has 1 saturated carbocycles. The normalized spacial score (nSPS) is 13.5. The Balaban J connectivity index is 1.53. The number of carbonyl (C=O) groups is 1. The van der Waals surface area contributed by atoms with E-state index in [-0.39, 0.29) is 12.2 Å². The Bertz CT molecular complexity index is 1030. The average molecular weight is 348 g/mol. The maximum absolute atomic E-state index is 11.0. The van der Waals surface area contributed by atoms with E-state index >= 15 is 0 Å². The maximum atomic E-state index is 11.0. The van der Waals surface area contributed by atoms with Crippen molar-refractivity contribution in [1.82, 2.24) is 4.98 Å². The van der Waals surface area contributed by atoms with E-state index in [0.717, 1.165) is 17.9 Å². The number of rotatable bonds is 6. The molecule has 4 rings (SSSR count). The summed E-state index contributed by atoms with van der Waals surface area (Å²) in [6.07, 6.45) is 3.53. The summed E-state index contributed by atoms with van der Waals surface area (Å²) in [5.41, 5.74) is 2.72. The van der Waals surface area contributed by atoms with Crippen LogP contribution in [-0.4, -0.2) is 16.1 Å². The highest BCUT2D eigenvalue weighted by Crippen LogP contribution is 2.34. The quantitative estimate of drug-likeness (QED) is 0.725. The highest BCUT2D eigenvalue weighted by atomic mass is 16.5. The van der Waals surface area contributed by atoms with Gasteiger partial charge in [-0.15, -0.1) is 0 Å². The molecule has 0 radical (unpaired) electrons. The molecular formula is C20H16N2O4. The number of ether oxygens (including phenoxy) is 1. The molecule has 0 spiro atoms. The van der Waals surface area contributed by atoms with Crippen molar-refractivity contribution in [3.8, 4) is 11.8 Å². The smallest absolute Gasteiger partial charge is 0.335 e. The van der Waals surface area contributed by atoms with Crippen LogP contribution in [-0.2, 0) is 13.0 Å². The monoisotopic (exact) mass is 348 g/mol. The Morgan fingerprint density at radius 3 is 2.88 bits per heavy atom. The Morgan fingerprint density at radius 1 is 1.31 bits per heavy atom. The topological polar surface area (TPSA) is 96.3 Å². The van der Waals surface area contributed by atoms with E-state index in [1.165, 1.54) is 25.0 Å². The lowest BCUT2D eigenvalue weighted by molar-refractivity contribution is 0.0697. The van der Waals surface area contributed by atoms with Crippen molar-refractivity contribution in [2.45, 2.75) is 25.9 Å². The van der Waals surface area contributed by atoms with Crippen LogP contribution in [0.15, 0.2) is 40.8 Å². The second kappa shape index (κ2) is 6.52. The molecule has 1 aliphatic rings. The molecule has 0 unspecified atom stereocenters. The van der Waals surface area contributed by atoms with Crippen LogP contribution in [0.3, 0.4) is 0 Å². The first kappa shape index (κ1) is 16.2. The van der Waals surface area contributed by atoms with Gasteiger partial charge in [-0.25, -0.2) is 9.78 Å². The molecule has 1 N–H and O–H groups in total. The van der Waals surface area contributed by atoms with Gasteiger partial charge in [0.25, 0.3) is 0 Å². The number of oxazole rings is 1. The van der Waals surface area contributed by atoms with Crippen LogP contribution < -0.4 is 4.74 Å². The summed E-state index contributed by atoms with van der Waals surface area (Å²) in [6, 6.07) is 12.3. The molecule has 0 saturated heterocycles. The van der Waals surface area contributed by atoms with Crippen molar-refractivity contribution < 1.29 is 19.1 Å². The average Bonchev–Trinajstić information content (AvgIpc) is 3.35. The van der Waals surface area contributed by atoms with Crippen LogP contribution in [0.5, 0.6) is 5.75 Å². The molecule has 2 aromatic carbocycles. The molecule has 1 aromatic heterocycles. The van der Waals surface area contributed by atoms with E-state index in [4.69, 9.17) is 14.3 Å². The fourth-order valence-electron chi connectivity index (χ4n) is 2.87. The van der Waals surface area contributed by atoms with Gasteiger partial charge in [-0.2, -0.15) is 5.26 Å². The van der Waals surface area contributed by atoms with E-state index in [9.17, 15) is 10.1 Å². The van der Waals surface area contributed by atoms with Crippen molar-refractivity contribution in [3.63, 3.8) is 0 Å². The third kappa shape index (κ3) is 3.38. The minimum atomic E-state index is -1.02. The van der Waals surface area contributed by atoms with E-state index in [0.29, 0.717) is 28.3 Å². The van der Waals surface area contributed by atoms with Crippen molar-refractivity contribution >= 4 is 17.1 Å². The lowest BCUT2D eigenvalue weighted by atomic mass is 10.1. The summed E-state index contributed by atoms with van der Waals surface area (Å²) in [5.74, 6) is 0.571. The van der Waals surface area contributed by atoms with Gasteiger partial charge < -0.3 is 14.3 Å². The number of carboxylic acid groups (broad SMARTS) is 1. The van der Waals surface area contributed by atoms with Gasteiger partial charge in [0, 0.05) is 0 Å². The summed E-state index contributed by atoms with van der Waals surface area (Å²) in [4.78, 5) is 15.3. The predicted molar refractivity (Wildman–Crippen MR) is 92.9 cm³/mol. The summed E-state index contributed by atoms with van der Waals surface area (Å²) >= 11 is 0. The molecule has 0 aliphatic heterocycles. The van der Waals surface area contributed by atoms with Crippen molar-refractivity contribution in [2.24, 2.45) is 5.92 Å².